The number of carboxylic acids is 1. The van der Waals surface area contributed by atoms with Crippen molar-refractivity contribution in [1.82, 2.24) is 5.32 Å². The van der Waals surface area contributed by atoms with Crippen LogP contribution in [0.3, 0.4) is 0 Å². The number of hydrogen-bond acceptors (Lipinski definition) is 3. The van der Waals surface area contributed by atoms with E-state index in [-0.39, 0.29) is 18.0 Å². The Morgan fingerprint density at radius 2 is 1.83 bits per heavy atom. The lowest BCUT2D eigenvalue weighted by Crippen LogP contribution is -2.49. The zero-order valence-electron chi connectivity index (χ0n) is 16.2. The van der Waals surface area contributed by atoms with Gasteiger partial charge in [0.15, 0.2) is 0 Å². The molecular weight excluding hydrogens is 373 g/mol. The number of amides is 1. The van der Waals surface area contributed by atoms with Crippen molar-refractivity contribution in [2.75, 3.05) is 6.61 Å². The highest BCUT2D eigenvalue weighted by atomic mass is 19.1. The molecule has 0 aliphatic rings. The third kappa shape index (κ3) is 4.71. The van der Waals surface area contributed by atoms with E-state index in [1.807, 2.05) is 24.3 Å². The van der Waals surface area contributed by atoms with Gasteiger partial charge in [-0.25, -0.2) is 9.18 Å². The van der Waals surface area contributed by atoms with Crippen LogP contribution in [-0.2, 0) is 11.2 Å². The molecule has 0 aliphatic carbocycles. The largest absolute Gasteiger partial charge is 0.492 e. The zero-order chi connectivity index (χ0) is 21.0. The van der Waals surface area contributed by atoms with Crippen LogP contribution in [0.25, 0.3) is 10.8 Å². The molecule has 0 aromatic heterocycles. The standard InChI is InChI=1S/C23H22FNO4/c1-23(2,22(27)28)25-21(26)19-11-10-16-7-3-4-9-18(16)20(19)29-13-12-15-6-5-8-17(24)14-15/h3-11,14H,12-13H2,1-2H3,(H,25,26)(H,27,28). The molecule has 0 radical (unpaired) electrons. The summed E-state index contributed by atoms with van der Waals surface area (Å²) in [5.74, 6) is -1.62. The van der Waals surface area contributed by atoms with E-state index in [2.05, 4.69) is 5.32 Å². The molecule has 29 heavy (non-hydrogen) atoms. The van der Waals surface area contributed by atoms with Crippen LogP contribution in [0.4, 0.5) is 4.39 Å². The van der Waals surface area contributed by atoms with E-state index in [1.165, 1.54) is 26.0 Å². The van der Waals surface area contributed by atoms with E-state index in [4.69, 9.17) is 4.74 Å². The number of ether oxygens (including phenoxy) is 1. The van der Waals surface area contributed by atoms with Crippen molar-refractivity contribution in [1.29, 1.82) is 0 Å². The molecule has 3 aromatic rings. The van der Waals surface area contributed by atoms with Crippen molar-refractivity contribution >= 4 is 22.6 Å². The summed E-state index contributed by atoms with van der Waals surface area (Å²) in [4.78, 5) is 24.2. The second kappa shape index (κ2) is 8.31. The molecular formula is C23H22FNO4. The summed E-state index contributed by atoms with van der Waals surface area (Å²) in [5.41, 5.74) is -0.401. The van der Waals surface area contributed by atoms with Gasteiger partial charge in [0.1, 0.15) is 17.1 Å². The quantitative estimate of drug-likeness (QED) is 0.629. The minimum atomic E-state index is -1.43. The van der Waals surface area contributed by atoms with E-state index in [0.29, 0.717) is 12.2 Å². The summed E-state index contributed by atoms with van der Waals surface area (Å²) in [7, 11) is 0. The van der Waals surface area contributed by atoms with Gasteiger partial charge in [-0.05, 0) is 43.0 Å². The molecule has 2 N–H and O–H groups in total. The highest BCUT2D eigenvalue weighted by Crippen LogP contribution is 2.30. The maximum atomic E-state index is 13.4. The number of halogens is 1. The van der Waals surface area contributed by atoms with E-state index >= 15 is 0 Å². The van der Waals surface area contributed by atoms with Crippen molar-refractivity contribution in [2.24, 2.45) is 0 Å². The first-order valence-corrected chi connectivity index (χ1v) is 9.23. The van der Waals surface area contributed by atoms with Crippen molar-refractivity contribution in [3.8, 4) is 5.75 Å². The van der Waals surface area contributed by atoms with Gasteiger partial charge in [-0.2, -0.15) is 0 Å². The van der Waals surface area contributed by atoms with Gasteiger partial charge in [-0.3, -0.25) is 4.79 Å². The van der Waals surface area contributed by atoms with Crippen LogP contribution in [0.15, 0.2) is 60.7 Å². The molecule has 0 spiro atoms. The first-order valence-electron chi connectivity index (χ1n) is 9.23. The fraction of sp³-hybridized carbons (Fsp3) is 0.217. The predicted molar refractivity (Wildman–Crippen MR) is 109 cm³/mol. The molecule has 150 valence electrons. The van der Waals surface area contributed by atoms with Gasteiger partial charge in [0.25, 0.3) is 5.91 Å². The lowest BCUT2D eigenvalue weighted by Gasteiger charge is -2.22. The number of carbonyl (C=O) groups is 2. The van der Waals surface area contributed by atoms with E-state index in [9.17, 15) is 19.1 Å². The van der Waals surface area contributed by atoms with Crippen LogP contribution < -0.4 is 10.1 Å². The Morgan fingerprint density at radius 3 is 2.55 bits per heavy atom. The molecule has 1 amide bonds. The van der Waals surface area contributed by atoms with Crippen LogP contribution in [-0.4, -0.2) is 29.1 Å². The smallest absolute Gasteiger partial charge is 0.328 e. The summed E-state index contributed by atoms with van der Waals surface area (Å²) in [6.45, 7) is 3.07. The predicted octanol–water partition coefficient (Wildman–Crippen LogP) is 4.19. The van der Waals surface area contributed by atoms with E-state index in [1.54, 1.807) is 24.3 Å². The minimum absolute atomic E-state index is 0.236. The molecule has 0 atom stereocenters. The Bertz CT molecular complexity index is 1060. The third-order valence-electron chi connectivity index (χ3n) is 4.61. The van der Waals surface area contributed by atoms with Gasteiger partial charge in [0, 0.05) is 11.8 Å². The minimum Gasteiger partial charge on any atom is -0.492 e. The van der Waals surface area contributed by atoms with Crippen LogP contribution in [0.5, 0.6) is 5.75 Å². The molecule has 3 aromatic carbocycles. The summed E-state index contributed by atoms with van der Waals surface area (Å²) in [6.07, 6.45) is 0.461. The molecule has 0 aliphatic heterocycles. The van der Waals surface area contributed by atoms with Gasteiger partial charge >= 0.3 is 5.97 Å². The van der Waals surface area contributed by atoms with Gasteiger partial charge in [0.2, 0.25) is 0 Å². The molecule has 6 heteroatoms. The molecule has 0 unspecified atom stereocenters. The summed E-state index contributed by atoms with van der Waals surface area (Å²) >= 11 is 0. The third-order valence-corrected chi connectivity index (χ3v) is 4.61. The van der Waals surface area contributed by atoms with Gasteiger partial charge < -0.3 is 15.2 Å². The number of benzene rings is 3. The van der Waals surface area contributed by atoms with Crippen LogP contribution >= 0.6 is 0 Å². The first-order chi connectivity index (χ1) is 13.8. The number of carbonyl (C=O) groups excluding carboxylic acids is 1. The number of fused-ring (bicyclic) bond motifs is 1. The molecule has 0 heterocycles. The average Bonchev–Trinajstić information content (AvgIpc) is 2.67. The summed E-state index contributed by atoms with van der Waals surface area (Å²) < 4.78 is 19.3. The number of hydrogen-bond donors (Lipinski definition) is 2. The fourth-order valence-corrected chi connectivity index (χ4v) is 2.95. The lowest BCUT2D eigenvalue weighted by molar-refractivity contribution is -0.143. The number of aliphatic carboxylic acids is 1. The molecule has 5 nitrogen and oxygen atoms in total. The van der Waals surface area contributed by atoms with E-state index < -0.39 is 17.4 Å². The molecule has 0 fully saturated rings. The Hall–Kier alpha value is -3.41. The van der Waals surface area contributed by atoms with E-state index in [0.717, 1.165) is 16.3 Å². The van der Waals surface area contributed by atoms with Crippen LogP contribution in [0, 0.1) is 5.82 Å². The SMILES string of the molecule is CC(C)(NC(=O)c1ccc2ccccc2c1OCCc1cccc(F)c1)C(=O)O. The zero-order valence-corrected chi connectivity index (χ0v) is 16.2. The first kappa shape index (κ1) is 20.3. The molecule has 3 rings (SSSR count). The molecule has 0 bridgehead atoms. The maximum absolute atomic E-state index is 13.4. The van der Waals surface area contributed by atoms with Crippen LogP contribution in [0.1, 0.15) is 29.8 Å². The molecule has 0 saturated carbocycles. The second-order valence-corrected chi connectivity index (χ2v) is 7.28. The number of carboxylic acid groups (broad SMARTS) is 1. The Labute approximate surface area is 168 Å². The Morgan fingerprint density at radius 1 is 1.07 bits per heavy atom. The van der Waals surface area contributed by atoms with Gasteiger partial charge in [-0.1, -0.05) is 42.5 Å². The maximum Gasteiger partial charge on any atom is 0.328 e. The van der Waals surface area contributed by atoms with Crippen molar-refractivity contribution in [2.45, 2.75) is 25.8 Å². The van der Waals surface area contributed by atoms with Crippen molar-refractivity contribution in [3.63, 3.8) is 0 Å². The van der Waals surface area contributed by atoms with Gasteiger partial charge in [-0.15, -0.1) is 0 Å². The second-order valence-electron chi connectivity index (χ2n) is 7.28. The van der Waals surface area contributed by atoms with Crippen molar-refractivity contribution in [3.05, 3.63) is 77.6 Å². The van der Waals surface area contributed by atoms with Gasteiger partial charge in [0.05, 0.1) is 12.2 Å². The lowest BCUT2D eigenvalue weighted by atomic mass is 10.0. The number of nitrogens with one attached hydrogen (secondary N) is 1. The normalized spacial score (nSPS) is 11.3. The molecule has 0 saturated heterocycles. The van der Waals surface area contributed by atoms with Crippen molar-refractivity contribution < 1.29 is 23.8 Å². The average molecular weight is 395 g/mol. The highest BCUT2D eigenvalue weighted by molar-refractivity contribution is 6.05. The summed E-state index contributed by atoms with van der Waals surface area (Å²) in [6, 6.07) is 17.1. The topological polar surface area (TPSA) is 75.6 Å². The van der Waals surface area contributed by atoms with Crippen LogP contribution in [0.2, 0.25) is 0 Å². The Balaban J connectivity index is 1.89. The Kier molecular flexibility index (Phi) is 5.82. The highest BCUT2D eigenvalue weighted by Gasteiger charge is 2.30. The summed E-state index contributed by atoms with van der Waals surface area (Å²) in [5, 5.41) is 13.5. The number of rotatable bonds is 7. The fourth-order valence-electron chi connectivity index (χ4n) is 2.95. The monoisotopic (exact) mass is 395 g/mol.